The fourth-order valence-corrected chi connectivity index (χ4v) is 4.27. The SMILES string of the molecule is COc1ccccc1-c1cc(NC(=O)CCc2nc(-c3ccsc3)no2)n(-c2ccc(C)cc2)n1. The van der Waals surface area contributed by atoms with Crippen molar-refractivity contribution in [2.75, 3.05) is 12.4 Å². The Bertz CT molecular complexity index is 1440. The molecule has 176 valence electrons. The van der Waals surface area contributed by atoms with Crippen molar-refractivity contribution >= 4 is 23.1 Å². The van der Waals surface area contributed by atoms with E-state index >= 15 is 0 Å². The minimum absolute atomic E-state index is 0.180. The topological polar surface area (TPSA) is 95.1 Å². The monoisotopic (exact) mass is 485 g/mol. The molecule has 0 aliphatic heterocycles. The van der Waals surface area contributed by atoms with Crippen molar-refractivity contribution < 1.29 is 14.1 Å². The molecule has 1 N–H and O–H groups in total. The van der Waals surface area contributed by atoms with Crippen LogP contribution in [0.3, 0.4) is 0 Å². The summed E-state index contributed by atoms with van der Waals surface area (Å²) in [6, 6.07) is 19.4. The first-order valence-corrected chi connectivity index (χ1v) is 12.0. The molecule has 1 amide bonds. The van der Waals surface area contributed by atoms with Crippen molar-refractivity contribution in [1.82, 2.24) is 19.9 Å². The standard InChI is InChI=1S/C26H23N5O3S/c1-17-7-9-19(10-8-17)31-23(15-21(29-31)20-5-3-4-6-22(20)33-2)27-24(32)11-12-25-28-26(30-34-25)18-13-14-35-16-18/h3-10,13-16H,11-12H2,1-2H3,(H,27,32). The summed E-state index contributed by atoms with van der Waals surface area (Å²) in [6.45, 7) is 2.02. The van der Waals surface area contributed by atoms with Gasteiger partial charge >= 0.3 is 0 Å². The molecule has 2 aromatic carbocycles. The lowest BCUT2D eigenvalue weighted by Gasteiger charge is -2.09. The summed E-state index contributed by atoms with van der Waals surface area (Å²) in [5, 5.41) is 15.7. The van der Waals surface area contributed by atoms with Gasteiger partial charge in [-0.2, -0.15) is 21.4 Å². The number of carbonyl (C=O) groups excluding carboxylic acids is 1. The number of para-hydroxylation sites is 1. The molecular weight excluding hydrogens is 462 g/mol. The van der Waals surface area contributed by atoms with Crippen LogP contribution in [0.15, 0.2) is 75.9 Å². The van der Waals surface area contributed by atoms with Gasteiger partial charge in [0.15, 0.2) is 0 Å². The van der Waals surface area contributed by atoms with E-state index in [0.717, 1.165) is 22.4 Å². The van der Waals surface area contributed by atoms with E-state index in [0.29, 0.717) is 35.4 Å². The van der Waals surface area contributed by atoms with Crippen molar-refractivity contribution in [3.05, 3.63) is 82.9 Å². The van der Waals surface area contributed by atoms with Crippen LogP contribution in [0.2, 0.25) is 0 Å². The lowest BCUT2D eigenvalue weighted by atomic mass is 10.1. The van der Waals surface area contributed by atoms with Crippen LogP contribution in [0, 0.1) is 6.92 Å². The first-order chi connectivity index (χ1) is 17.1. The summed E-state index contributed by atoms with van der Waals surface area (Å²) < 4.78 is 12.5. The zero-order valence-corrected chi connectivity index (χ0v) is 20.1. The number of rotatable bonds is 8. The fraction of sp³-hybridized carbons (Fsp3) is 0.154. The number of amides is 1. The quantitative estimate of drug-likeness (QED) is 0.310. The average molecular weight is 486 g/mol. The summed E-state index contributed by atoms with van der Waals surface area (Å²) >= 11 is 1.56. The van der Waals surface area contributed by atoms with Gasteiger partial charge in [-0.25, -0.2) is 4.68 Å². The highest BCUT2D eigenvalue weighted by Crippen LogP contribution is 2.31. The summed E-state index contributed by atoms with van der Waals surface area (Å²) in [5.41, 5.74) is 4.40. The van der Waals surface area contributed by atoms with Gasteiger partial charge in [0.2, 0.25) is 17.6 Å². The van der Waals surface area contributed by atoms with Crippen LogP contribution < -0.4 is 10.1 Å². The summed E-state index contributed by atoms with van der Waals surface area (Å²) in [6.07, 6.45) is 0.523. The molecule has 0 atom stereocenters. The molecule has 0 fully saturated rings. The molecule has 5 rings (SSSR count). The highest BCUT2D eigenvalue weighted by Gasteiger charge is 2.17. The smallest absolute Gasteiger partial charge is 0.227 e. The number of aryl methyl sites for hydroxylation is 2. The number of thiophene rings is 1. The molecule has 0 unspecified atom stereocenters. The second kappa shape index (κ2) is 9.94. The lowest BCUT2D eigenvalue weighted by molar-refractivity contribution is -0.116. The Morgan fingerprint density at radius 3 is 2.74 bits per heavy atom. The molecule has 9 heteroatoms. The highest BCUT2D eigenvalue weighted by atomic mass is 32.1. The minimum atomic E-state index is -0.180. The number of methoxy groups -OCH3 is 1. The second-order valence-electron chi connectivity index (χ2n) is 7.93. The van der Waals surface area contributed by atoms with E-state index < -0.39 is 0 Å². The van der Waals surface area contributed by atoms with Crippen molar-refractivity contribution in [3.63, 3.8) is 0 Å². The number of anilines is 1. The number of hydrogen-bond acceptors (Lipinski definition) is 7. The Hall–Kier alpha value is -4.24. The summed E-state index contributed by atoms with van der Waals surface area (Å²) in [5.74, 6) is 2.03. The number of aromatic nitrogens is 4. The van der Waals surface area contributed by atoms with Crippen molar-refractivity contribution in [2.24, 2.45) is 0 Å². The third-order valence-corrected chi connectivity index (χ3v) is 6.13. The van der Waals surface area contributed by atoms with Crippen molar-refractivity contribution in [1.29, 1.82) is 0 Å². The maximum atomic E-state index is 12.9. The number of nitrogens with one attached hydrogen (secondary N) is 1. The highest BCUT2D eigenvalue weighted by molar-refractivity contribution is 7.08. The van der Waals surface area contributed by atoms with Crippen LogP contribution >= 0.6 is 11.3 Å². The van der Waals surface area contributed by atoms with Gasteiger partial charge in [-0.3, -0.25) is 4.79 Å². The number of nitrogens with zero attached hydrogens (tertiary/aromatic N) is 4. The third kappa shape index (κ3) is 4.99. The molecule has 0 bridgehead atoms. The first-order valence-electron chi connectivity index (χ1n) is 11.1. The summed E-state index contributed by atoms with van der Waals surface area (Å²) in [4.78, 5) is 17.2. The van der Waals surface area contributed by atoms with E-state index in [1.54, 1.807) is 23.1 Å². The van der Waals surface area contributed by atoms with Gasteiger partial charge in [0.05, 0.1) is 18.5 Å². The largest absolute Gasteiger partial charge is 0.496 e. The van der Waals surface area contributed by atoms with Gasteiger partial charge in [0.25, 0.3) is 0 Å². The van der Waals surface area contributed by atoms with E-state index in [1.165, 1.54) is 0 Å². The van der Waals surface area contributed by atoms with E-state index in [1.807, 2.05) is 78.3 Å². The van der Waals surface area contributed by atoms with Gasteiger partial charge in [-0.05, 0) is 42.6 Å². The Morgan fingerprint density at radius 1 is 1.14 bits per heavy atom. The van der Waals surface area contributed by atoms with E-state index in [2.05, 4.69) is 15.5 Å². The zero-order chi connectivity index (χ0) is 24.2. The maximum absolute atomic E-state index is 12.9. The van der Waals surface area contributed by atoms with Crippen LogP contribution in [-0.2, 0) is 11.2 Å². The molecule has 5 aromatic rings. The van der Waals surface area contributed by atoms with Crippen LogP contribution in [-0.4, -0.2) is 32.9 Å². The normalized spacial score (nSPS) is 10.9. The number of carbonyl (C=O) groups is 1. The summed E-state index contributed by atoms with van der Waals surface area (Å²) in [7, 11) is 1.62. The minimum Gasteiger partial charge on any atom is -0.496 e. The molecule has 0 spiro atoms. The number of ether oxygens (including phenoxy) is 1. The molecule has 0 aliphatic carbocycles. The predicted octanol–water partition coefficient (Wildman–Crippen LogP) is 5.54. The molecule has 0 saturated carbocycles. The first kappa shape index (κ1) is 22.5. The van der Waals surface area contributed by atoms with Crippen LogP contribution in [0.5, 0.6) is 5.75 Å². The Morgan fingerprint density at radius 2 is 1.97 bits per heavy atom. The molecular formula is C26H23N5O3S. The predicted molar refractivity (Wildman–Crippen MR) is 135 cm³/mol. The third-order valence-electron chi connectivity index (χ3n) is 5.45. The van der Waals surface area contributed by atoms with E-state index in [-0.39, 0.29) is 12.3 Å². The molecule has 3 heterocycles. The van der Waals surface area contributed by atoms with Gasteiger partial charge in [-0.15, -0.1) is 0 Å². The fourth-order valence-electron chi connectivity index (χ4n) is 3.63. The van der Waals surface area contributed by atoms with Crippen molar-refractivity contribution in [3.8, 4) is 34.1 Å². The maximum Gasteiger partial charge on any atom is 0.227 e. The van der Waals surface area contributed by atoms with Crippen LogP contribution in [0.1, 0.15) is 17.9 Å². The Balaban J connectivity index is 1.37. The zero-order valence-electron chi connectivity index (χ0n) is 19.3. The van der Waals surface area contributed by atoms with E-state index in [9.17, 15) is 4.79 Å². The molecule has 0 aliphatic rings. The molecule has 8 nitrogen and oxygen atoms in total. The number of hydrogen-bond donors (Lipinski definition) is 1. The molecule has 0 saturated heterocycles. The van der Waals surface area contributed by atoms with Gasteiger partial charge in [0, 0.05) is 35.4 Å². The lowest BCUT2D eigenvalue weighted by Crippen LogP contribution is -2.15. The van der Waals surface area contributed by atoms with Gasteiger partial charge in [-0.1, -0.05) is 35.0 Å². The van der Waals surface area contributed by atoms with Crippen LogP contribution in [0.4, 0.5) is 5.82 Å². The van der Waals surface area contributed by atoms with Gasteiger partial charge in [0.1, 0.15) is 11.6 Å². The molecule has 3 aromatic heterocycles. The average Bonchev–Trinajstić information content (AvgIpc) is 3.64. The van der Waals surface area contributed by atoms with Crippen molar-refractivity contribution in [2.45, 2.75) is 19.8 Å². The van der Waals surface area contributed by atoms with E-state index in [4.69, 9.17) is 14.4 Å². The molecule has 35 heavy (non-hydrogen) atoms. The van der Waals surface area contributed by atoms with Crippen LogP contribution in [0.25, 0.3) is 28.3 Å². The van der Waals surface area contributed by atoms with Gasteiger partial charge < -0.3 is 14.6 Å². The molecule has 0 radical (unpaired) electrons. The second-order valence-corrected chi connectivity index (χ2v) is 8.71. The number of benzene rings is 2. The Kier molecular flexibility index (Phi) is 6.40. The Labute approximate surface area is 206 Å².